The molecule has 0 aromatic rings. The standard InChI is InChI=1S/C6H9N3O2/c1-11-6(10)5-8-2-3-9(5)4-7/h5,8H,2-3H2,1H3. The number of methoxy groups -OCH3 is 1. The van der Waals surface area contributed by atoms with Crippen LogP contribution >= 0.6 is 0 Å². The molecule has 1 heterocycles. The second-order valence-electron chi connectivity index (χ2n) is 2.17. The Kier molecular flexibility index (Phi) is 2.28. The summed E-state index contributed by atoms with van der Waals surface area (Å²) in [6.07, 6.45) is 1.32. The van der Waals surface area contributed by atoms with Crippen molar-refractivity contribution in [1.29, 1.82) is 5.26 Å². The quantitative estimate of drug-likeness (QED) is 0.383. The molecule has 1 fully saturated rings. The molecular formula is C6H9N3O2. The molecule has 1 N–H and O–H groups in total. The lowest BCUT2D eigenvalue weighted by atomic mass is 10.5. The molecule has 1 atom stereocenters. The van der Waals surface area contributed by atoms with Gasteiger partial charge in [0.25, 0.3) is 0 Å². The van der Waals surface area contributed by atoms with E-state index in [1.807, 2.05) is 6.19 Å². The third-order valence-corrected chi connectivity index (χ3v) is 1.55. The fourth-order valence-corrected chi connectivity index (χ4v) is 0.991. The van der Waals surface area contributed by atoms with E-state index in [9.17, 15) is 4.79 Å². The van der Waals surface area contributed by atoms with Crippen LogP contribution in [0.5, 0.6) is 0 Å². The van der Waals surface area contributed by atoms with Gasteiger partial charge >= 0.3 is 5.97 Å². The van der Waals surface area contributed by atoms with Gasteiger partial charge in [-0.1, -0.05) is 0 Å². The molecular weight excluding hydrogens is 146 g/mol. The summed E-state index contributed by atoms with van der Waals surface area (Å²) in [5.41, 5.74) is 0. The first-order valence-electron chi connectivity index (χ1n) is 3.27. The van der Waals surface area contributed by atoms with Gasteiger partial charge in [-0.2, -0.15) is 5.26 Å². The van der Waals surface area contributed by atoms with Gasteiger partial charge in [-0.3, -0.25) is 10.2 Å². The number of carbonyl (C=O) groups excluding carboxylic acids is 1. The summed E-state index contributed by atoms with van der Waals surface area (Å²) in [6.45, 7) is 1.21. The zero-order valence-electron chi connectivity index (χ0n) is 6.20. The van der Waals surface area contributed by atoms with E-state index in [1.54, 1.807) is 0 Å². The van der Waals surface area contributed by atoms with Crippen LogP contribution in [0.3, 0.4) is 0 Å². The number of ether oxygens (including phenoxy) is 1. The Balaban J connectivity index is 2.58. The molecule has 0 bridgehead atoms. The molecule has 0 saturated carbocycles. The van der Waals surface area contributed by atoms with E-state index in [-0.39, 0.29) is 0 Å². The highest BCUT2D eigenvalue weighted by Gasteiger charge is 2.29. The fraction of sp³-hybridized carbons (Fsp3) is 0.667. The van der Waals surface area contributed by atoms with E-state index < -0.39 is 12.1 Å². The SMILES string of the molecule is COC(=O)C1NCCN1C#N. The van der Waals surface area contributed by atoms with Crippen LogP contribution in [0.1, 0.15) is 0 Å². The monoisotopic (exact) mass is 155 g/mol. The zero-order valence-corrected chi connectivity index (χ0v) is 6.20. The second kappa shape index (κ2) is 3.21. The van der Waals surface area contributed by atoms with Crippen molar-refractivity contribution in [2.45, 2.75) is 6.17 Å². The Hall–Kier alpha value is -1.28. The van der Waals surface area contributed by atoms with Crippen molar-refractivity contribution in [3.63, 3.8) is 0 Å². The Morgan fingerprint density at radius 2 is 2.64 bits per heavy atom. The predicted molar refractivity (Wildman–Crippen MR) is 36.1 cm³/mol. The maximum Gasteiger partial charge on any atom is 0.344 e. The summed E-state index contributed by atoms with van der Waals surface area (Å²) in [6, 6.07) is 0. The molecule has 0 aromatic carbocycles. The number of hydrogen-bond acceptors (Lipinski definition) is 5. The predicted octanol–water partition coefficient (Wildman–Crippen LogP) is -1.13. The molecule has 0 amide bonds. The third kappa shape index (κ3) is 1.41. The first-order valence-corrected chi connectivity index (χ1v) is 3.27. The normalized spacial score (nSPS) is 22.9. The molecule has 11 heavy (non-hydrogen) atoms. The van der Waals surface area contributed by atoms with Crippen molar-refractivity contribution in [2.75, 3.05) is 20.2 Å². The van der Waals surface area contributed by atoms with Gasteiger partial charge in [-0.25, -0.2) is 4.79 Å². The molecule has 5 heteroatoms. The molecule has 1 unspecified atom stereocenters. The number of esters is 1. The van der Waals surface area contributed by atoms with Gasteiger partial charge in [0, 0.05) is 13.1 Å². The highest BCUT2D eigenvalue weighted by atomic mass is 16.5. The van der Waals surface area contributed by atoms with Crippen LogP contribution in [0.25, 0.3) is 0 Å². The van der Waals surface area contributed by atoms with Crippen molar-refractivity contribution < 1.29 is 9.53 Å². The summed E-state index contributed by atoms with van der Waals surface area (Å²) in [5, 5.41) is 11.3. The fourth-order valence-electron chi connectivity index (χ4n) is 0.991. The summed E-state index contributed by atoms with van der Waals surface area (Å²) >= 11 is 0. The van der Waals surface area contributed by atoms with Crippen molar-refractivity contribution in [2.24, 2.45) is 0 Å². The molecule has 60 valence electrons. The van der Waals surface area contributed by atoms with E-state index in [1.165, 1.54) is 12.0 Å². The van der Waals surface area contributed by atoms with Gasteiger partial charge in [-0.15, -0.1) is 0 Å². The first kappa shape index (κ1) is 7.82. The average molecular weight is 155 g/mol. The zero-order chi connectivity index (χ0) is 8.27. The third-order valence-electron chi connectivity index (χ3n) is 1.55. The first-order chi connectivity index (χ1) is 5.29. The van der Waals surface area contributed by atoms with Crippen LogP contribution in [-0.2, 0) is 9.53 Å². The van der Waals surface area contributed by atoms with E-state index in [4.69, 9.17) is 5.26 Å². The number of nitrogens with one attached hydrogen (secondary N) is 1. The molecule has 5 nitrogen and oxygen atoms in total. The minimum Gasteiger partial charge on any atom is -0.466 e. The highest BCUT2D eigenvalue weighted by Crippen LogP contribution is 2.01. The number of nitriles is 1. The molecule has 0 aromatic heterocycles. The molecule has 0 aliphatic carbocycles. The van der Waals surface area contributed by atoms with E-state index in [0.717, 1.165) is 0 Å². The molecule has 1 rings (SSSR count). The highest BCUT2D eigenvalue weighted by molar-refractivity contribution is 5.75. The van der Waals surface area contributed by atoms with Crippen molar-refractivity contribution in [1.82, 2.24) is 10.2 Å². The average Bonchev–Trinajstić information content (AvgIpc) is 2.50. The lowest BCUT2D eigenvalue weighted by Crippen LogP contribution is -2.40. The topological polar surface area (TPSA) is 65.4 Å². The van der Waals surface area contributed by atoms with Gasteiger partial charge in [0.05, 0.1) is 7.11 Å². The van der Waals surface area contributed by atoms with E-state index >= 15 is 0 Å². The van der Waals surface area contributed by atoms with Crippen LogP contribution < -0.4 is 5.32 Å². The van der Waals surface area contributed by atoms with Crippen molar-refractivity contribution >= 4 is 5.97 Å². The molecule has 1 aliphatic rings. The summed E-state index contributed by atoms with van der Waals surface area (Å²) in [7, 11) is 1.30. The van der Waals surface area contributed by atoms with Crippen LogP contribution in [0.4, 0.5) is 0 Å². The Morgan fingerprint density at radius 3 is 3.18 bits per heavy atom. The Bertz CT molecular complexity index is 198. The van der Waals surface area contributed by atoms with Gasteiger partial charge in [0.1, 0.15) is 0 Å². The largest absolute Gasteiger partial charge is 0.466 e. The second-order valence-corrected chi connectivity index (χ2v) is 2.17. The summed E-state index contributed by atoms with van der Waals surface area (Å²) in [5.74, 6) is -0.413. The Morgan fingerprint density at radius 1 is 1.91 bits per heavy atom. The lowest BCUT2D eigenvalue weighted by molar-refractivity contribution is -0.145. The van der Waals surface area contributed by atoms with Gasteiger partial charge < -0.3 is 4.74 Å². The van der Waals surface area contributed by atoms with Gasteiger partial charge in [-0.05, 0) is 0 Å². The van der Waals surface area contributed by atoms with Crippen molar-refractivity contribution in [3.8, 4) is 6.19 Å². The maximum atomic E-state index is 10.9. The van der Waals surface area contributed by atoms with E-state index in [2.05, 4.69) is 10.1 Å². The molecule has 1 saturated heterocycles. The smallest absolute Gasteiger partial charge is 0.344 e. The van der Waals surface area contributed by atoms with Crippen LogP contribution in [-0.4, -0.2) is 37.2 Å². The summed E-state index contributed by atoms with van der Waals surface area (Å²) < 4.78 is 4.47. The van der Waals surface area contributed by atoms with Crippen molar-refractivity contribution in [3.05, 3.63) is 0 Å². The maximum absolute atomic E-state index is 10.9. The minimum atomic E-state index is -0.579. The Labute approximate surface area is 64.5 Å². The summed E-state index contributed by atoms with van der Waals surface area (Å²) in [4.78, 5) is 12.3. The van der Waals surface area contributed by atoms with Crippen LogP contribution in [0.2, 0.25) is 0 Å². The number of rotatable bonds is 1. The molecule has 0 spiro atoms. The number of nitrogens with zero attached hydrogens (tertiary/aromatic N) is 2. The van der Waals surface area contributed by atoms with Gasteiger partial charge in [0.2, 0.25) is 0 Å². The lowest BCUT2D eigenvalue weighted by Gasteiger charge is -2.14. The van der Waals surface area contributed by atoms with Crippen LogP contribution in [0.15, 0.2) is 0 Å². The number of carbonyl (C=O) groups is 1. The molecule has 1 aliphatic heterocycles. The van der Waals surface area contributed by atoms with E-state index in [0.29, 0.717) is 13.1 Å². The molecule has 0 radical (unpaired) electrons. The number of hydrogen-bond donors (Lipinski definition) is 1. The minimum absolute atomic E-state index is 0.413. The van der Waals surface area contributed by atoms with Crippen LogP contribution in [0, 0.1) is 11.5 Å². The van der Waals surface area contributed by atoms with Gasteiger partial charge in [0.15, 0.2) is 12.4 Å².